The lowest BCUT2D eigenvalue weighted by molar-refractivity contribution is 0.0668. The Morgan fingerprint density at radius 3 is 2.33 bits per heavy atom. The van der Waals surface area contributed by atoms with Crippen molar-refractivity contribution < 1.29 is 23.8 Å². The number of nitrogens with zero attached hydrogens (tertiary/aromatic N) is 4. The highest BCUT2D eigenvalue weighted by atomic mass is 19.1. The summed E-state index contributed by atoms with van der Waals surface area (Å²) in [7, 11) is 5.41. The lowest BCUT2D eigenvalue weighted by atomic mass is 9.97. The third-order valence-corrected chi connectivity index (χ3v) is 7.94. The van der Waals surface area contributed by atoms with Crippen LogP contribution >= 0.6 is 0 Å². The van der Waals surface area contributed by atoms with Crippen molar-refractivity contribution >= 4 is 27.6 Å². The van der Waals surface area contributed by atoms with Gasteiger partial charge in [0.15, 0.2) is 5.75 Å². The Balaban J connectivity index is 1.51. The van der Waals surface area contributed by atoms with Crippen molar-refractivity contribution in [2.45, 2.75) is 13.0 Å². The van der Waals surface area contributed by atoms with E-state index in [4.69, 9.17) is 14.5 Å². The van der Waals surface area contributed by atoms with Crippen molar-refractivity contribution in [1.29, 1.82) is 0 Å². The van der Waals surface area contributed by atoms with E-state index in [1.807, 2.05) is 42.3 Å². The molecule has 8 nitrogen and oxygen atoms in total. The second kappa shape index (κ2) is 11.3. The van der Waals surface area contributed by atoms with Crippen molar-refractivity contribution in [2.75, 3.05) is 40.3 Å². The van der Waals surface area contributed by atoms with Gasteiger partial charge in [0.05, 0.1) is 18.1 Å². The molecule has 3 aromatic carbocycles. The largest absolute Gasteiger partial charge is 0.497 e. The number of benzene rings is 3. The monoisotopic (exact) mass is 568 g/mol. The number of amides is 1. The Morgan fingerprint density at radius 1 is 0.952 bits per heavy atom. The fraction of sp³-hybridized carbons (Fsp3) is 0.273. The summed E-state index contributed by atoms with van der Waals surface area (Å²) in [6.07, 6.45) is 4.05. The Bertz CT molecular complexity index is 1760. The van der Waals surface area contributed by atoms with Crippen LogP contribution in [0.2, 0.25) is 0 Å². The van der Waals surface area contributed by atoms with E-state index in [0.29, 0.717) is 52.5 Å². The van der Waals surface area contributed by atoms with Crippen LogP contribution in [0.1, 0.15) is 27.0 Å². The molecular formula is C33H33FN4O4. The lowest BCUT2D eigenvalue weighted by Gasteiger charge is -2.33. The molecule has 3 heterocycles. The number of likely N-dealkylation sites (N-methyl/N-ethyl adjacent to an activating group) is 1. The van der Waals surface area contributed by atoms with Gasteiger partial charge in [-0.05, 0) is 60.5 Å². The minimum Gasteiger partial charge on any atom is -0.497 e. The Kier molecular flexibility index (Phi) is 7.43. The fourth-order valence-corrected chi connectivity index (χ4v) is 5.52. The number of methoxy groups -OCH3 is 1. The number of halogens is 1. The third-order valence-electron chi connectivity index (χ3n) is 7.94. The van der Waals surface area contributed by atoms with E-state index in [1.165, 1.54) is 12.1 Å². The van der Waals surface area contributed by atoms with Gasteiger partial charge in [-0.25, -0.2) is 4.39 Å². The predicted molar refractivity (Wildman–Crippen MR) is 160 cm³/mol. The fourth-order valence-electron chi connectivity index (χ4n) is 5.52. The molecule has 1 fully saturated rings. The molecule has 1 N–H and O–H groups in total. The molecule has 1 saturated heterocycles. The van der Waals surface area contributed by atoms with Gasteiger partial charge in [0.1, 0.15) is 23.7 Å². The molecule has 42 heavy (non-hydrogen) atoms. The number of aryl methyl sites for hydroxylation is 1. The van der Waals surface area contributed by atoms with Crippen LogP contribution < -0.4 is 9.47 Å². The molecule has 0 bridgehead atoms. The van der Waals surface area contributed by atoms with Crippen molar-refractivity contribution in [3.8, 4) is 17.4 Å². The summed E-state index contributed by atoms with van der Waals surface area (Å²) in [5.74, 6) is 0.763. The molecule has 0 radical (unpaired) electrons. The SMILES string of the molecule is COc1ccc(COc2c3ncc(Cc4ccc(F)cc4)cc3c(C(=O)N3CCN(C)CC3)c3cn(C)c(O)c23)cc1. The molecule has 6 rings (SSSR count). The van der Waals surface area contributed by atoms with Crippen LogP contribution in [0, 0.1) is 5.82 Å². The minimum absolute atomic E-state index is 0.00115. The average Bonchev–Trinajstić information content (AvgIpc) is 3.29. The maximum atomic E-state index is 14.2. The molecule has 1 aliphatic heterocycles. The second-order valence-electron chi connectivity index (χ2n) is 10.8. The number of pyridine rings is 1. The lowest BCUT2D eigenvalue weighted by Crippen LogP contribution is -2.47. The van der Waals surface area contributed by atoms with Crippen LogP contribution in [0.25, 0.3) is 21.7 Å². The summed E-state index contributed by atoms with van der Waals surface area (Å²) < 4.78 is 26.8. The number of fused-ring (bicyclic) bond motifs is 2. The summed E-state index contributed by atoms with van der Waals surface area (Å²) in [6.45, 7) is 3.01. The molecule has 1 aliphatic rings. The zero-order valence-electron chi connectivity index (χ0n) is 23.9. The Morgan fingerprint density at radius 2 is 1.64 bits per heavy atom. The van der Waals surface area contributed by atoms with Crippen molar-refractivity contribution in [3.63, 3.8) is 0 Å². The van der Waals surface area contributed by atoms with Gasteiger partial charge in [0, 0.05) is 56.4 Å². The molecular weight excluding hydrogens is 535 g/mol. The number of aromatic hydroxyl groups is 1. The van der Waals surface area contributed by atoms with Gasteiger partial charge in [0.2, 0.25) is 5.88 Å². The molecule has 5 aromatic rings. The number of carbonyl (C=O) groups is 1. The standard InChI is InChI=1S/C33H33FN4O4/c1-36-12-14-38(15-13-36)33(40)28-26-17-23(16-21-4-8-24(34)9-5-21)18-35-30(26)31(29-27(28)19-37(2)32(29)39)42-20-22-6-10-25(41-3)11-7-22/h4-11,17-19,39H,12-16,20H2,1-3H3. The molecule has 9 heteroatoms. The number of piperazine rings is 1. The molecule has 0 atom stereocenters. The van der Waals surface area contributed by atoms with Gasteiger partial charge in [-0.1, -0.05) is 24.3 Å². The summed E-state index contributed by atoms with van der Waals surface area (Å²) in [5, 5.41) is 12.9. The maximum absolute atomic E-state index is 14.2. The van der Waals surface area contributed by atoms with E-state index >= 15 is 0 Å². The minimum atomic E-state index is -0.291. The van der Waals surface area contributed by atoms with Crippen molar-refractivity contribution in [3.05, 3.63) is 95.1 Å². The maximum Gasteiger partial charge on any atom is 0.255 e. The Labute approximate surface area is 243 Å². The number of hydrogen-bond donors (Lipinski definition) is 1. The van der Waals surface area contributed by atoms with Gasteiger partial charge >= 0.3 is 0 Å². The highest BCUT2D eigenvalue weighted by Crippen LogP contribution is 2.44. The molecule has 0 aliphatic carbocycles. The normalized spacial score (nSPS) is 14.0. The number of ether oxygens (including phenoxy) is 2. The molecule has 0 unspecified atom stereocenters. The molecule has 0 saturated carbocycles. The van der Waals surface area contributed by atoms with E-state index < -0.39 is 0 Å². The summed E-state index contributed by atoms with van der Waals surface area (Å²) in [4.78, 5) is 23.1. The van der Waals surface area contributed by atoms with Crippen LogP contribution in [-0.2, 0) is 20.1 Å². The van der Waals surface area contributed by atoms with Crippen LogP contribution in [0.5, 0.6) is 17.4 Å². The van der Waals surface area contributed by atoms with Gasteiger partial charge in [0.25, 0.3) is 5.91 Å². The number of carbonyl (C=O) groups excluding carboxylic acids is 1. The summed E-state index contributed by atoms with van der Waals surface area (Å²) in [5.41, 5.74) is 3.71. The number of rotatable bonds is 7. The van der Waals surface area contributed by atoms with E-state index in [-0.39, 0.29) is 24.2 Å². The smallest absolute Gasteiger partial charge is 0.255 e. The average molecular weight is 569 g/mol. The van der Waals surface area contributed by atoms with E-state index in [2.05, 4.69) is 4.90 Å². The first-order valence-corrected chi connectivity index (χ1v) is 13.9. The van der Waals surface area contributed by atoms with Gasteiger partial charge in [-0.3, -0.25) is 9.78 Å². The van der Waals surface area contributed by atoms with Crippen LogP contribution in [-0.4, -0.2) is 70.7 Å². The van der Waals surface area contributed by atoms with Crippen molar-refractivity contribution in [2.24, 2.45) is 7.05 Å². The molecule has 216 valence electrons. The van der Waals surface area contributed by atoms with Crippen LogP contribution in [0.3, 0.4) is 0 Å². The first kappa shape index (κ1) is 27.5. The predicted octanol–water partition coefficient (Wildman–Crippen LogP) is 5.14. The summed E-state index contributed by atoms with van der Waals surface area (Å²) in [6, 6.07) is 15.9. The molecule has 1 amide bonds. The van der Waals surface area contributed by atoms with Crippen LogP contribution in [0.15, 0.2) is 67.0 Å². The van der Waals surface area contributed by atoms with Gasteiger partial charge < -0.3 is 28.9 Å². The van der Waals surface area contributed by atoms with Gasteiger partial charge in [-0.15, -0.1) is 0 Å². The highest BCUT2D eigenvalue weighted by Gasteiger charge is 2.29. The quantitative estimate of drug-likeness (QED) is 0.293. The Hall–Kier alpha value is -4.63. The topological polar surface area (TPSA) is 80.1 Å². The van der Waals surface area contributed by atoms with E-state index in [9.17, 15) is 14.3 Å². The van der Waals surface area contributed by atoms with Crippen molar-refractivity contribution in [1.82, 2.24) is 19.4 Å². The third kappa shape index (κ3) is 5.23. The number of hydrogen-bond acceptors (Lipinski definition) is 6. The van der Waals surface area contributed by atoms with Crippen LogP contribution in [0.4, 0.5) is 4.39 Å². The zero-order chi connectivity index (χ0) is 29.4. The molecule has 2 aromatic heterocycles. The summed E-state index contributed by atoms with van der Waals surface area (Å²) >= 11 is 0. The van der Waals surface area contributed by atoms with E-state index in [0.717, 1.165) is 35.5 Å². The zero-order valence-corrected chi connectivity index (χ0v) is 23.9. The highest BCUT2D eigenvalue weighted by molar-refractivity contribution is 6.21. The number of aromatic nitrogens is 2. The van der Waals surface area contributed by atoms with Gasteiger partial charge in [-0.2, -0.15) is 0 Å². The second-order valence-corrected chi connectivity index (χ2v) is 10.8. The van der Waals surface area contributed by atoms with E-state index in [1.54, 1.807) is 43.3 Å². The first-order chi connectivity index (χ1) is 20.3. The molecule has 0 spiro atoms. The first-order valence-electron chi connectivity index (χ1n) is 13.9.